The molecular formula is C52H33N3O. The normalized spacial score (nSPS) is 12.9. The van der Waals surface area contributed by atoms with E-state index in [1.807, 2.05) is 60.7 Å². The van der Waals surface area contributed by atoms with Crippen molar-refractivity contribution >= 4 is 0 Å². The van der Waals surface area contributed by atoms with E-state index in [9.17, 15) is 0 Å². The van der Waals surface area contributed by atoms with Crippen molar-refractivity contribution in [3.8, 4) is 79.0 Å². The van der Waals surface area contributed by atoms with Crippen LogP contribution >= 0.6 is 0 Å². The number of aromatic nitrogens is 3. The molecule has 0 fully saturated rings. The first-order chi connectivity index (χ1) is 27.7. The minimum atomic E-state index is -0.513. The van der Waals surface area contributed by atoms with Gasteiger partial charge in [0.15, 0.2) is 17.5 Å². The summed E-state index contributed by atoms with van der Waals surface area (Å²) in [6, 6.07) is 70.3. The van der Waals surface area contributed by atoms with Gasteiger partial charge >= 0.3 is 0 Å². The molecular weight excluding hydrogens is 683 g/mol. The average molecular weight is 716 g/mol. The first kappa shape index (κ1) is 32.0. The summed E-state index contributed by atoms with van der Waals surface area (Å²) < 4.78 is 6.69. The zero-order chi connectivity index (χ0) is 37.1. The Bertz CT molecular complexity index is 2850. The van der Waals surface area contributed by atoms with Gasteiger partial charge in [-0.3, -0.25) is 0 Å². The van der Waals surface area contributed by atoms with Crippen LogP contribution in [0.2, 0.25) is 0 Å². The predicted octanol–water partition coefficient (Wildman–Crippen LogP) is 12.7. The third-order valence-corrected chi connectivity index (χ3v) is 11.2. The van der Waals surface area contributed by atoms with Crippen LogP contribution in [-0.2, 0) is 5.41 Å². The number of fused-ring (bicyclic) bond motifs is 9. The van der Waals surface area contributed by atoms with Crippen LogP contribution in [0.3, 0.4) is 0 Å². The van der Waals surface area contributed by atoms with Gasteiger partial charge in [0, 0.05) is 27.8 Å². The Kier molecular flexibility index (Phi) is 7.36. The van der Waals surface area contributed by atoms with E-state index in [1.54, 1.807) is 0 Å². The van der Waals surface area contributed by atoms with Gasteiger partial charge in [0.1, 0.15) is 11.5 Å². The molecule has 0 N–H and O–H groups in total. The Morgan fingerprint density at radius 1 is 0.286 bits per heavy atom. The van der Waals surface area contributed by atoms with E-state index in [0.29, 0.717) is 17.5 Å². The largest absolute Gasteiger partial charge is 0.457 e. The molecule has 0 amide bonds. The van der Waals surface area contributed by atoms with Crippen LogP contribution in [0.5, 0.6) is 11.5 Å². The zero-order valence-electron chi connectivity index (χ0n) is 30.3. The average Bonchev–Trinajstić information content (AvgIpc) is 3.57. The number of rotatable bonds is 5. The minimum absolute atomic E-state index is 0.513. The van der Waals surface area contributed by atoms with E-state index in [0.717, 1.165) is 61.6 Å². The topological polar surface area (TPSA) is 47.9 Å². The smallest absolute Gasteiger partial charge is 0.164 e. The van der Waals surface area contributed by atoms with Gasteiger partial charge < -0.3 is 4.74 Å². The van der Waals surface area contributed by atoms with Crippen molar-refractivity contribution in [1.82, 2.24) is 15.0 Å². The Labute approximate surface area is 325 Å². The fourth-order valence-electron chi connectivity index (χ4n) is 8.69. The highest BCUT2D eigenvalue weighted by atomic mass is 16.5. The van der Waals surface area contributed by atoms with Crippen LogP contribution in [-0.4, -0.2) is 15.0 Å². The van der Waals surface area contributed by atoms with Crippen LogP contribution in [0.15, 0.2) is 200 Å². The van der Waals surface area contributed by atoms with Crippen molar-refractivity contribution < 1.29 is 4.74 Å². The lowest BCUT2D eigenvalue weighted by Gasteiger charge is -2.39. The fraction of sp³-hybridized carbons (Fsp3) is 0.0192. The minimum Gasteiger partial charge on any atom is -0.457 e. The molecule has 0 atom stereocenters. The molecule has 262 valence electrons. The van der Waals surface area contributed by atoms with Crippen LogP contribution < -0.4 is 4.74 Å². The summed E-state index contributed by atoms with van der Waals surface area (Å²) in [6.45, 7) is 0. The van der Waals surface area contributed by atoms with E-state index in [-0.39, 0.29) is 0 Å². The highest BCUT2D eigenvalue weighted by Gasteiger charge is 2.51. The lowest BCUT2D eigenvalue weighted by atomic mass is 9.66. The molecule has 2 heterocycles. The summed E-state index contributed by atoms with van der Waals surface area (Å²) in [5, 5.41) is 0. The highest BCUT2D eigenvalue weighted by molar-refractivity contribution is 5.89. The third kappa shape index (κ3) is 5.04. The van der Waals surface area contributed by atoms with Gasteiger partial charge in [0.2, 0.25) is 0 Å². The summed E-state index contributed by atoms with van der Waals surface area (Å²) in [4.78, 5) is 14.9. The van der Waals surface area contributed by atoms with Gasteiger partial charge in [-0.2, -0.15) is 0 Å². The molecule has 2 aliphatic rings. The lowest BCUT2D eigenvalue weighted by Crippen LogP contribution is -2.32. The molecule has 9 aromatic rings. The van der Waals surface area contributed by atoms with E-state index in [1.165, 1.54) is 22.3 Å². The van der Waals surface area contributed by atoms with Crippen molar-refractivity contribution in [3.05, 3.63) is 222 Å². The van der Waals surface area contributed by atoms with Crippen LogP contribution in [0.4, 0.5) is 0 Å². The second-order valence-electron chi connectivity index (χ2n) is 14.4. The summed E-state index contributed by atoms with van der Waals surface area (Å²) in [5.41, 5.74) is 14.2. The summed E-state index contributed by atoms with van der Waals surface area (Å²) >= 11 is 0. The Morgan fingerprint density at radius 3 is 1.29 bits per heavy atom. The third-order valence-electron chi connectivity index (χ3n) is 11.2. The number of hydrogen-bond acceptors (Lipinski definition) is 4. The van der Waals surface area contributed by atoms with Gasteiger partial charge in [0.25, 0.3) is 0 Å². The Morgan fingerprint density at radius 2 is 0.696 bits per heavy atom. The van der Waals surface area contributed by atoms with Crippen LogP contribution in [0.25, 0.3) is 67.5 Å². The van der Waals surface area contributed by atoms with Crippen LogP contribution in [0.1, 0.15) is 22.3 Å². The molecule has 8 aromatic carbocycles. The molecule has 1 aromatic heterocycles. The number of nitrogens with zero attached hydrogens (tertiary/aromatic N) is 3. The predicted molar refractivity (Wildman–Crippen MR) is 224 cm³/mol. The molecule has 1 aliphatic carbocycles. The van der Waals surface area contributed by atoms with Gasteiger partial charge in [-0.1, -0.05) is 170 Å². The van der Waals surface area contributed by atoms with Crippen molar-refractivity contribution in [1.29, 1.82) is 0 Å². The second-order valence-corrected chi connectivity index (χ2v) is 14.4. The maximum atomic E-state index is 6.69. The van der Waals surface area contributed by atoms with E-state index >= 15 is 0 Å². The van der Waals surface area contributed by atoms with Crippen molar-refractivity contribution in [2.24, 2.45) is 0 Å². The first-order valence-corrected chi connectivity index (χ1v) is 18.9. The number of para-hydroxylation sites is 1. The standard InChI is InChI=1S/C52H33N3O/c1-3-15-34(16-4-1)49-53-50(35-17-5-2-6-18-35)55-51(54-49)40-22-14-21-38(32-40)36-19-13-20-37(31-36)39-29-30-48-46(33-39)52(45-27-11-12-28-47(45)56-48)43-25-9-7-23-41(43)42-24-8-10-26-44(42)52/h1-33H. The lowest BCUT2D eigenvalue weighted by molar-refractivity contribution is 0.436. The van der Waals surface area contributed by atoms with Crippen molar-refractivity contribution in [2.75, 3.05) is 0 Å². The summed E-state index contributed by atoms with van der Waals surface area (Å²) in [7, 11) is 0. The Balaban J connectivity index is 1.03. The molecule has 1 aliphatic heterocycles. The highest BCUT2D eigenvalue weighted by Crippen LogP contribution is 2.62. The molecule has 1 spiro atoms. The number of hydrogen-bond donors (Lipinski definition) is 0. The summed E-state index contributed by atoms with van der Waals surface area (Å²) in [6.07, 6.45) is 0. The maximum Gasteiger partial charge on any atom is 0.164 e. The molecule has 0 saturated heterocycles. The van der Waals surface area contributed by atoms with Gasteiger partial charge in [-0.05, 0) is 74.8 Å². The number of benzene rings is 8. The second kappa shape index (κ2) is 12.9. The van der Waals surface area contributed by atoms with Gasteiger partial charge in [-0.15, -0.1) is 0 Å². The van der Waals surface area contributed by atoms with E-state index in [4.69, 9.17) is 19.7 Å². The Hall–Kier alpha value is -7.43. The van der Waals surface area contributed by atoms with E-state index in [2.05, 4.69) is 140 Å². The van der Waals surface area contributed by atoms with Gasteiger partial charge in [0.05, 0.1) is 5.41 Å². The molecule has 11 rings (SSSR count). The quantitative estimate of drug-likeness (QED) is 0.178. The van der Waals surface area contributed by atoms with Crippen molar-refractivity contribution in [3.63, 3.8) is 0 Å². The zero-order valence-corrected chi connectivity index (χ0v) is 30.3. The molecule has 0 unspecified atom stereocenters. The molecule has 4 heteroatoms. The first-order valence-electron chi connectivity index (χ1n) is 18.9. The summed E-state index contributed by atoms with van der Waals surface area (Å²) in [5.74, 6) is 3.70. The molecule has 4 nitrogen and oxygen atoms in total. The number of ether oxygens (including phenoxy) is 1. The fourth-order valence-corrected chi connectivity index (χ4v) is 8.69. The van der Waals surface area contributed by atoms with Crippen molar-refractivity contribution in [2.45, 2.75) is 5.41 Å². The molecule has 56 heavy (non-hydrogen) atoms. The molecule has 0 radical (unpaired) electrons. The molecule has 0 saturated carbocycles. The van der Waals surface area contributed by atoms with Gasteiger partial charge in [-0.25, -0.2) is 15.0 Å². The molecule has 0 bridgehead atoms. The monoisotopic (exact) mass is 715 g/mol. The van der Waals surface area contributed by atoms with E-state index < -0.39 is 5.41 Å². The van der Waals surface area contributed by atoms with Crippen LogP contribution in [0, 0.1) is 0 Å². The SMILES string of the molecule is c1ccc(-c2nc(-c3ccccc3)nc(-c3cccc(-c4cccc(-c5ccc6c(c5)C5(c7ccccc7O6)c6ccccc6-c6ccccc65)c4)c3)n2)cc1. The maximum absolute atomic E-state index is 6.69.